The predicted molar refractivity (Wildman–Crippen MR) is 91.0 cm³/mol. The van der Waals surface area contributed by atoms with Crippen LogP contribution in [0, 0.1) is 17.8 Å². The highest BCUT2D eigenvalue weighted by Crippen LogP contribution is 2.50. The van der Waals surface area contributed by atoms with Gasteiger partial charge < -0.3 is 9.47 Å². The van der Waals surface area contributed by atoms with E-state index in [0.29, 0.717) is 24.2 Å². The van der Waals surface area contributed by atoms with E-state index in [1.165, 1.54) is 0 Å². The van der Waals surface area contributed by atoms with Crippen molar-refractivity contribution < 1.29 is 19.1 Å². The molecule has 4 nitrogen and oxygen atoms in total. The van der Waals surface area contributed by atoms with Crippen LogP contribution in [-0.2, 0) is 19.1 Å². The molecule has 128 valence electrons. The topological polar surface area (TPSA) is 52.6 Å². The van der Waals surface area contributed by atoms with Crippen LogP contribution in [0.4, 0.5) is 0 Å². The molecule has 1 saturated carbocycles. The quantitative estimate of drug-likeness (QED) is 0.452. The van der Waals surface area contributed by atoms with Gasteiger partial charge >= 0.3 is 11.9 Å². The SMILES string of the molecule is C=C1C(=O)OC2C1CC=C(COC(=O)C(C)=CC)C1CCC(=C)C12. The highest BCUT2D eigenvalue weighted by atomic mass is 16.6. The van der Waals surface area contributed by atoms with Gasteiger partial charge in [0.2, 0.25) is 0 Å². The van der Waals surface area contributed by atoms with Crippen LogP contribution >= 0.6 is 0 Å². The zero-order valence-electron chi connectivity index (χ0n) is 14.3. The van der Waals surface area contributed by atoms with Gasteiger partial charge in [-0.25, -0.2) is 9.59 Å². The Hall–Kier alpha value is -2.10. The van der Waals surface area contributed by atoms with E-state index >= 15 is 0 Å². The van der Waals surface area contributed by atoms with E-state index in [1.54, 1.807) is 13.0 Å². The molecule has 0 bridgehead atoms. The Labute approximate surface area is 142 Å². The van der Waals surface area contributed by atoms with Gasteiger partial charge in [-0.3, -0.25) is 0 Å². The molecule has 0 N–H and O–H groups in total. The molecule has 0 aromatic rings. The summed E-state index contributed by atoms with van der Waals surface area (Å²) in [5.74, 6) is -0.230. The molecule has 4 heteroatoms. The van der Waals surface area contributed by atoms with E-state index in [-0.39, 0.29) is 35.8 Å². The maximum absolute atomic E-state index is 11.9. The molecule has 3 rings (SSSR count). The van der Waals surface area contributed by atoms with Crippen LogP contribution in [0.15, 0.2) is 47.6 Å². The first-order chi connectivity index (χ1) is 11.4. The Kier molecular flexibility index (Phi) is 4.48. The second-order valence-electron chi connectivity index (χ2n) is 6.89. The molecule has 2 fully saturated rings. The summed E-state index contributed by atoms with van der Waals surface area (Å²) in [5.41, 5.74) is 3.41. The Morgan fingerprint density at radius 2 is 2.17 bits per heavy atom. The molecule has 0 radical (unpaired) electrons. The largest absolute Gasteiger partial charge is 0.458 e. The highest BCUT2D eigenvalue weighted by Gasteiger charge is 2.50. The minimum absolute atomic E-state index is 0.00493. The fourth-order valence-corrected chi connectivity index (χ4v) is 4.06. The molecule has 24 heavy (non-hydrogen) atoms. The third-order valence-electron chi connectivity index (χ3n) is 5.62. The zero-order valence-corrected chi connectivity index (χ0v) is 14.3. The molecule has 1 heterocycles. The third-order valence-corrected chi connectivity index (χ3v) is 5.62. The molecule has 0 spiro atoms. The van der Waals surface area contributed by atoms with Crippen molar-refractivity contribution in [3.63, 3.8) is 0 Å². The number of carbonyl (C=O) groups is 2. The van der Waals surface area contributed by atoms with Gasteiger partial charge in [0.25, 0.3) is 0 Å². The number of esters is 2. The Morgan fingerprint density at radius 1 is 1.42 bits per heavy atom. The lowest BCUT2D eigenvalue weighted by molar-refractivity contribution is -0.141. The molecule has 2 aliphatic carbocycles. The highest BCUT2D eigenvalue weighted by molar-refractivity contribution is 5.91. The minimum atomic E-state index is -0.285. The average Bonchev–Trinajstić information content (AvgIpc) is 3.02. The summed E-state index contributed by atoms with van der Waals surface area (Å²) in [6, 6.07) is 0. The summed E-state index contributed by atoms with van der Waals surface area (Å²) in [5, 5.41) is 0. The number of hydrogen-bond acceptors (Lipinski definition) is 4. The standard InChI is InChI=1S/C20H24O4/c1-5-11(2)19(21)23-10-14-7-9-15-13(4)20(22)24-18(15)17-12(3)6-8-16(14)17/h5,7,15-18H,3-4,6,8-10H2,1-2H3. The summed E-state index contributed by atoms with van der Waals surface area (Å²) in [4.78, 5) is 23.8. The fraction of sp³-hybridized carbons (Fsp3) is 0.500. The van der Waals surface area contributed by atoms with Gasteiger partial charge in [0, 0.05) is 23.0 Å². The predicted octanol–water partition coefficient (Wildman–Crippen LogP) is 3.51. The summed E-state index contributed by atoms with van der Waals surface area (Å²) < 4.78 is 11.1. The van der Waals surface area contributed by atoms with Crippen molar-refractivity contribution in [3.05, 3.63) is 47.6 Å². The molecule has 4 atom stereocenters. The molecule has 3 aliphatic rings. The molecule has 0 aromatic carbocycles. The molecule has 0 amide bonds. The van der Waals surface area contributed by atoms with Crippen LogP contribution in [-0.4, -0.2) is 24.6 Å². The van der Waals surface area contributed by atoms with E-state index in [4.69, 9.17) is 9.47 Å². The first-order valence-corrected chi connectivity index (χ1v) is 8.50. The first-order valence-electron chi connectivity index (χ1n) is 8.50. The van der Waals surface area contributed by atoms with Crippen molar-refractivity contribution in [1.29, 1.82) is 0 Å². The number of fused-ring (bicyclic) bond motifs is 3. The van der Waals surface area contributed by atoms with Crippen LogP contribution in [0.5, 0.6) is 0 Å². The normalized spacial score (nSPS) is 32.7. The van der Waals surface area contributed by atoms with Gasteiger partial charge in [-0.1, -0.05) is 30.9 Å². The van der Waals surface area contributed by atoms with Gasteiger partial charge in [0.1, 0.15) is 12.7 Å². The van der Waals surface area contributed by atoms with Crippen molar-refractivity contribution >= 4 is 11.9 Å². The maximum atomic E-state index is 11.9. The fourth-order valence-electron chi connectivity index (χ4n) is 4.06. The van der Waals surface area contributed by atoms with E-state index in [2.05, 4.69) is 19.2 Å². The number of ether oxygens (including phenoxy) is 2. The molecule has 4 unspecified atom stereocenters. The monoisotopic (exact) mass is 328 g/mol. The average molecular weight is 328 g/mol. The zero-order chi connectivity index (χ0) is 17.4. The van der Waals surface area contributed by atoms with Crippen LogP contribution in [0.2, 0.25) is 0 Å². The van der Waals surface area contributed by atoms with Crippen LogP contribution < -0.4 is 0 Å². The number of allylic oxidation sites excluding steroid dienone is 2. The summed E-state index contributed by atoms with van der Waals surface area (Å²) in [7, 11) is 0. The number of hydrogen-bond donors (Lipinski definition) is 0. The van der Waals surface area contributed by atoms with Crippen LogP contribution in [0.3, 0.4) is 0 Å². The van der Waals surface area contributed by atoms with Gasteiger partial charge in [0.15, 0.2) is 0 Å². The van der Waals surface area contributed by atoms with E-state index in [0.717, 1.165) is 24.0 Å². The molecule has 1 saturated heterocycles. The maximum Gasteiger partial charge on any atom is 0.334 e. The van der Waals surface area contributed by atoms with Gasteiger partial charge in [0.05, 0.1) is 0 Å². The lowest BCUT2D eigenvalue weighted by Crippen LogP contribution is -2.30. The van der Waals surface area contributed by atoms with Gasteiger partial charge in [-0.15, -0.1) is 0 Å². The van der Waals surface area contributed by atoms with Crippen molar-refractivity contribution in [1.82, 2.24) is 0 Å². The van der Waals surface area contributed by atoms with Crippen molar-refractivity contribution in [2.75, 3.05) is 6.61 Å². The Bertz CT molecular complexity index is 667. The van der Waals surface area contributed by atoms with Crippen LogP contribution in [0.25, 0.3) is 0 Å². The van der Waals surface area contributed by atoms with Crippen molar-refractivity contribution in [2.45, 2.75) is 39.2 Å². The number of rotatable bonds is 3. The van der Waals surface area contributed by atoms with Crippen molar-refractivity contribution in [3.8, 4) is 0 Å². The van der Waals surface area contributed by atoms with Gasteiger partial charge in [-0.2, -0.15) is 0 Å². The number of carbonyl (C=O) groups excluding carboxylic acids is 2. The third kappa shape index (κ3) is 2.74. The van der Waals surface area contributed by atoms with Crippen molar-refractivity contribution in [2.24, 2.45) is 17.8 Å². The second kappa shape index (κ2) is 6.42. The molecule has 0 aromatic heterocycles. The molecule has 1 aliphatic heterocycles. The summed E-state index contributed by atoms with van der Waals surface area (Å²) >= 11 is 0. The minimum Gasteiger partial charge on any atom is -0.458 e. The Morgan fingerprint density at radius 3 is 2.88 bits per heavy atom. The smallest absolute Gasteiger partial charge is 0.334 e. The second-order valence-corrected chi connectivity index (χ2v) is 6.89. The summed E-state index contributed by atoms with van der Waals surface area (Å²) in [6.07, 6.45) is 6.27. The lowest BCUT2D eigenvalue weighted by atomic mass is 9.81. The first kappa shape index (κ1) is 16.7. The molecular weight excluding hydrogens is 304 g/mol. The molecular formula is C20H24O4. The lowest BCUT2D eigenvalue weighted by Gasteiger charge is -2.27. The van der Waals surface area contributed by atoms with Crippen LogP contribution in [0.1, 0.15) is 33.1 Å². The summed E-state index contributed by atoms with van der Waals surface area (Å²) in [6.45, 7) is 12.0. The van der Waals surface area contributed by atoms with E-state index in [9.17, 15) is 9.59 Å². The van der Waals surface area contributed by atoms with E-state index in [1.807, 2.05) is 6.92 Å². The van der Waals surface area contributed by atoms with Gasteiger partial charge in [-0.05, 0) is 44.6 Å². The van der Waals surface area contributed by atoms with E-state index < -0.39 is 0 Å². The Balaban J connectivity index is 1.82.